The Morgan fingerprint density at radius 1 is 1.46 bits per heavy atom. The van der Waals surface area contributed by atoms with Crippen molar-refractivity contribution in [2.45, 2.75) is 12.8 Å². The summed E-state index contributed by atoms with van der Waals surface area (Å²) in [4.78, 5) is 13.9. The minimum absolute atomic E-state index is 0.0604. The van der Waals surface area contributed by atoms with Crippen LogP contribution in [0.1, 0.15) is 12.1 Å². The van der Waals surface area contributed by atoms with Gasteiger partial charge in [0.2, 0.25) is 5.43 Å². The van der Waals surface area contributed by atoms with Crippen molar-refractivity contribution in [1.82, 2.24) is 4.98 Å². The highest BCUT2D eigenvalue weighted by Gasteiger charge is 2.05. The van der Waals surface area contributed by atoms with E-state index in [0.717, 1.165) is 0 Å². The third-order valence-corrected chi connectivity index (χ3v) is 2.21. The number of aliphatic hydroxyl groups excluding tert-OH is 1. The van der Waals surface area contributed by atoms with Gasteiger partial charge in [-0.15, -0.1) is 0 Å². The minimum atomic E-state index is -0.293. The number of aromatic amines is 1. The Kier molecular flexibility index (Phi) is 3.78. The van der Waals surface area contributed by atoms with Gasteiger partial charge in [-0.2, -0.15) is 0 Å². The molecule has 72 valence electrons. The van der Waals surface area contributed by atoms with Crippen molar-refractivity contribution in [2.75, 3.05) is 6.61 Å². The molecule has 0 aliphatic heterocycles. The number of aliphatic hydroxyl groups is 1. The lowest BCUT2D eigenvalue weighted by Gasteiger charge is -2.02. The predicted molar refractivity (Wildman–Crippen MR) is 52.5 cm³/mol. The van der Waals surface area contributed by atoms with E-state index in [9.17, 15) is 4.79 Å². The Bertz CT molecular complexity index is 348. The number of rotatable bonds is 3. The van der Waals surface area contributed by atoms with Crippen molar-refractivity contribution < 1.29 is 5.11 Å². The molecule has 2 N–H and O–H groups in total. The number of nitrogens with one attached hydrogen (secondary N) is 1. The first-order chi connectivity index (χ1) is 6.15. The maximum absolute atomic E-state index is 11.1. The van der Waals surface area contributed by atoms with E-state index in [1.54, 1.807) is 0 Å². The average Bonchev–Trinajstić information content (AvgIpc) is 2.09. The quantitative estimate of drug-likeness (QED) is 0.763. The topological polar surface area (TPSA) is 53.1 Å². The largest absolute Gasteiger partial charge is 0.396 e. The molecule has 13 heavy (non-hydrogen) atoms. The monoisotopic (exact) mass is 221 g/mol. The van der Waals surface area contributed by atoms with Gasteiger partial charge in [-0.1, -0.05) is 23.2 Å². The summed E-state index contributed by atoms with van der Waals surface area (Å²) in [6.45, 7) is 0.0604. The fraction of sp³-hybridized carbons (Fsp3) is 0.375. The van der Waals surface area contributed by atoms with Gasteiger partial charge >= 0.3 is 0 Å². The number of hydrogen-bond donors (Lipinski definition) is 2. The highest BCUT2D eigenvalue weighted by molar-refractivity contribution is 6.32. The summed E-state index contributed by atoms with van der Waals surface area (Å²) in [6, 6.07) is 1.23. The average molecular weight is 222 g/mol. The molecule has 0 radical (unpaired) electrons. The van der Waals surface area contributed by atoms with Crippen molar-refractivity contribution in [3.63, 3.8) is 0 Å². The first kappa shape index (κ1) is 10.6. The Balaban J connectivity index is 2.99. The fourth-order valence-electron chi connectivity index (χ4n) is 0.990. The SMILES string of the molecule is O=c1cc(Cl)[nH]c(CCCO)c1Cl. The molecule has 5 heteroatoms. The number of hydrogen-bond acceptors (Lipinski definition) is 2. The molecule has 0 unspecified atom stereocenters. The second-order valence-electron chi connectivity index (χ2n) is 2.60. The van der Waals surface area contributed by atoms with Gasteiger partial charge in [0.25, 0.3) is 0 Å². The summed E-state index contributed by atoms with van der Waals surface area (Å²) < 4.78 is 0. The minimum Gasteiger partial charge on any atom is -0.396 e. The summed E-state index contributed by atoms with van der Waals surface area (Å²) in [5.41, 5.74) is 0.284. The molecule has 1 aromatic rings. The van der Waals surface area contributed by atoms with Gasteiger partial charge in [-0.25, -0.2) is 0 Å². The van der Waals surface area contributed by atoms with Crippen LogP contribution in [0.5, 0.6) is 0 Å². The lowest BCUT2D eigenvalue weighted by molar-refractivity contribution is 0.288. The van der Waals surface area contributed by atoms with Gasteiger partial charge in [0.15, 0.2) is 0 Å². The molecule has 0 aliphatic carbocycles. The van der Waals surface area contributed by atoms with Crippen LogP contribution >= 0.6 is 23.2 Å². The molecular weight excluding hydrogens is 213 g/mol. The van der Waals surface area contributed by atoms with Gasteiger partial charge in [-0.05, 0) is 12.8 Å². The molecule has 0 fully saturated rings. The zero-order valence-corrected chi connectivity index (χ0v) is 8.32. The van der Waals surface area contributed by atoms with Crippen LogP contribution in [0.25, 0.3) is 0 Å². The van der Waals surface area contributed by atoms with E-state index in [0.29, 0.717) is 18.5 Å². The lowest BCUT2D eigenvalue weighted by Crippen LogP contribution is -2.06. The zero-order chi connectivity index (χ0) is 9.84. The smallest absolute Gasteiger partial charge is 0.201 e. The zero-order valence-electron chi connectivity index (χ0n) is 6.81. The summed E-state index contributed by atoms with van der Waals surface area (Å²) in [7, 11) is 0. The van der Waals surface area contributed by atoms with Crippen LogP contribution in [0.2, 0.25) is 10.2 Å². The third kappa shape index (κ3) is 2.72. The molecule has 0 atom stereocenters. The summed E-state index contributed by atoms with van der Waals surface area (Å²) in [5.74, 6) is 0. The normalized spacial score (nSPS) is 10.4. The third-order valence-electron chi connectivity index (χ3n) is 1.59. The second-order valence-corrected chi connectivity index (χ2v) is 3.39. The van der Waals surface area contributed by atoms with E-state index in [1.165, 1.54) is 6.07 Å². The highest BCUT2D eigenvalue weighted by atomic mass is 35.5. The van der Waals surface area contributed by atoms with Gasteiger partial charge in [-0.3, -0.25) is 4.79 Å². The van der Waals surface area contributed by atoms with Gasteiger partial charge in [0.05, 0.1) is 0 Å². The van der Waals surface area contributed by atoms with Crippen molar-refractivity contribution in [1.29, 1.82) is 0 Å². The number of H-pyrrole nitrogens is 1. The first-order valence-corrected chi connectivity index (χ1v) is 4.59. The fourth-order valence-corrected chi connectivity index (χ4v) is 1.40. The Labute approximate surface area is 85.3 Å². The van der Waals surface area contributed by atoms with E-state index in [-0.39, 0.29) is 22.2 Å². The predicted octanol–water partition coefficient (Wildman–Crippen LogP) is 1.61. The van der Waals surface area contributed by atoms with Gasteiger partial charge in [0.1, 0.15) is 10.2 Å². The summed E-state index contributed by atoms with van der Waals surface area (Å²) in [6.07, 6.45) is 1.07. The van der Waals surface area contributed by atoms with Crippen LogP contribution in [-0.2, 0) is 6.42 Å². The Hall–Kier alpha value is -0.510. The van der Waals surface area contributed by atoms with Crippen molar-refractivity contribution in [2.24, 2.45) is 0 Å². The molecule has 1 heterocycles. The van der Waals surface area contributed by atoms with Gasteiger partial charge < -0.3 is 10.1 Å². The number of aryl methyl sites for hydroxylation is 1. The van der Waals surface area contributed by atoms with Crippen LogP contribution in [0, 0.1) is 0 Å². The van der Waals surface area contributed by atoms with Crippen LogP contribution in [0.4, 0.5) is 0 Å². The first-order valence-electron chi connectivity index (χ1n) is 3.83. The van der Waals surface area contributed by atoms with Crippen molar-refractivity contribution in [3.8, 4) is 0 Å². The molecule has 3 nitrogen and oxygen atoms in total. The van der Waals surface area contributed by atoms with E-state index in [1.807, 2.05) is 0 Å². The Morgan fingerprint density at radius 3 is 2.77 bits per heavy atom. The number of halogens is 2. The maximum Gasteiger partial charge on any atom is 0.201 e. The summed E-state index contributed by atoms with van der Waals surface area (Å²) >= 11 is 11.3. The molecule has 0 saturated heterocycles. The Morgan fingerprint density at radius 2 is 2.15 bits per heavy atom. The molecule has 0 aliphatic rings. The van der Waals surface area contributed by atoms with E-state index in [4.69, 9.17) is 28.3 Å². The molecule has 1 rings (SSSR count). The standard InChI is InChI=1S/C8H9Cl2NO2/c9-7-4-6(13)8(10)5(11-7)2-1-3-12/h4,12H,1-3H2,(H,11,13). The highest BCUT2D eigenvalue weighted by Crippen LogP contribution is 2.13. The van der Waals surface area contributed by atoms with Crippen molar-refractivity contribution >= 4 is 23.2 Å². The van der Waals surface area contributed by atoms with Crippen molar-refractivity contribution in [3.05, 3.63) is 32.2 Å². The molecule has 1 aromatic heterocycles. The number of aromatic nitrogens is 1. The lowest BCUT2D eigenvalue weighted by atomic mass is 10.2. The molecule has 0 bridgehead atoms. The number of pyridine rings is 1. The summed E-state index contributed by atoms with van der Waals surface area (Å²) in [5, 5.41) is 9.01. The van der Waals surface area contributed by atoms with Crippen LogP contribution in [0.15, 0.2) is 10.9 Å². The van der Waals surface area contributed by atoms with E-state index < -0.39 is 0 Å². The van der Waals surface area contributed by atoms with E-state index >= 15 is 0 Å². The molecule has 0 saturated carbocycles. The molecule has 0 amide bonds. The molecule has 0 spiro atoms. The van der Waals surface area contributed by atoms with Gasteiger partial charge in [0, 0.05) is 18.4 Å². The maximum atomic E-state index is 11.1. The van der Waals surface area contributed by atoms with Crippen LogP contribution in [0.3, 0.4) is 0 Å². The van der Waals surface area contributed by atoms with Crippen LogP contribution < -0.4 is 5.43 Å². The van der Waals surface area contributed by atoms with E-state index in [2.05, 4.69) is 4.98 Å². The second kappa shape index (κ2) is 4.65. The van der Waals surface area contributed by atoms with Crippen LogP contribution in [-0.4, -0.2) is 16.7 Å². The molecule has 0 aromatic carbocycles. The molecular formula is C8H9Cl2NO2.